The molecule has 0 N–H and O–H groups in total. The minimum atomic E-state index is -1.000. The molecule has 0 aliphatic heterocycles. The van der Waals surface area contributed by atoms with Gasteiger partial charge in [0.2, 0.25) is 0 Å². The quantitative estimate of drug-likeness (QED) is 0.622. The van der Waals surface area contributed by atoms with Gasteiger partial charge in [0, 0.05) is 17.3 Å². The molecule has 1 amide bonds. The summed E-state index contributed by atoms with van der Waals surface area (Å²) in [6.07, 6.45) is 0.0931. The lowest BCUT2D eigenvalue weighted by molar-refractivity contribution is -0.121. The first-order valence-electron chi connectivity index (χ1n) is 8.48. The minimum Gasteiger partial charge on any atom is -0.494 e. The lowest BCUT2D eigenvalue weighted by Gasteiger charge is -2.22. The van der Waals surface area contributed by atoms with Gasteiger partial charge in [-0.1, -0.05) is 11.6 Å². The van der Waals surface area contributed by atoms with Crippen LogP contribution < -0.4 is 9.64 Å². The van der Waals surface area contributed by atoms with Gasteiger partial charge in [0.15, 0.2) is 6.61 Å². The fraction of sp³-hybridized carbons (Fsp3) is 0.250. The summed E-state index contributed by atoms with van der Waals surface area (Å²) >= 11 is 5.76. The van der Waals surface area contributed by atoms with Crippen molar-refractivity contribution in [1.82, 2.24) is 0 Å². The van der Waals surface area contributed by atoms with Crippen molar-refractivity contribution in [2.75, 3.05) is 24.7 Å². The SMILES string of the molecule is CCOc1ccc(N(CCC#N)C(=O)COC(=O)c2cc(Cl)ccc2F)cc1. The van der Waals surface area contributed by atoms with Gasteiger partial charge in [-0.25, -0.2) is 9.18 Å². The van der Waals surface area contributed by atoms with E-state index in [9.17, 15) is 14.0 Å². The summed E-state index contributed by atoms with van der Waals surface area (Å²) in [5.74, 6) is -1.70. The molecule has 2 aromatic rings. The van der Waals surface area contributed by atoms with E-state index >= 15 is 0 Å². The van der Waals surface area contributed by atoms with E-state index in [1.165, 1.54) is 11.0 Å². The topological polar surface area (TPSA) is 79.6 Å². The highest BCUT2D eigenvalue weighted by Crippen LogP contribution is 2.21. The van der Waals surface area contributed by atoms with E-state index in [1.54, 1.807) is 24.3 Å². The Morgan fingerprint density at radius 2 is 1.93 bits per heavy atom. The number of benzene rings is 2. The highest BCUT2D eigenvalue weighted by Gasteiger charge is 2.20. The van der Waals surface area contributed by atoms with E-state index in [4.69, 9.17) is 26.3 Å². The zero-order chi connectivity index (χ0) is 20.5. The van der Waals surface area contributed by atoms with E-state index < -0.39 is 24.3 Å². The van der Waals surface area contributed by atoms with E-state index in [2.05, 4.69) is 0 Å². The maximum Gasteiger partial charge on any atom is 0.341 e. The summed E-state index contributed by atoms with van der Waals surface area (Å²) in [6.45, 7) is 1.87. The number of halogens is 2. The molecule has 0 radical (unpaired) electrons. The van der Waals surface area contributed by atoms with E-state index in [0.717, 1.165) is 12.1 Å². The fourth-order valence-electron chi connectivity index (χ4n) is 2.39. The Morgan fingerprint density at radius 3 is 2.57 bits per heavy atom. The third-order valence-electron chi connectivity index (χ3n) is 3.68. The molecule has 0 saturated carbocycles. The van der Waals surface area contributed by atoms with Crippen LogP contribution in [-0.4, -0.2) is 31.6 Å². The molecule has 8 heteroatoms. The predicted molar refractivity (Wildman–Crippen MR) is 102 cm³/mol. The van der Waals surface area contributed by atoms with Crippen molar-refractivity contribution in [3.63, 3.8) is 0 Å². The molecule has 6 nitrogen and oxygen atoms in total. The van der Waals surface area contributed by atoms with Crippen molar-refractivity contribution in [2.24, 2.45) is 0 Å². The lowest BCUT2D eigenvalue weighted by atomic mass is 10.2. The van der Waals surface area contributed by atoms with Crippen LogP contribution in [0.1, 0.15) is 23.7 Å². The second-order valence-electron chi connectivity index (χ2n) is 5.58. The van der Waals surface area contributed by atoms with Gasteiger partial charge < -0.3 is 14.4 Å². The van der Waals surface area contributed by atoms with Crippen LogP contribution in [0, 0.1) is 17.1 Å². The molecule has 0 atom stereocenters. The van der Waals surface area contributed by atoms with Crippen LogP contribution in [-0.2, 0) is 9.53 Å². The molecule has 0 saturated heterocycles. The Hall–Kier alpha value is -3.11. The maximum atomic E-state index is 13.7. The molecule has 0 aliphatic carbocycles. The molecule has 0 fully saturated rings. The Balaban J connectivity index is 2.09. The molecule has 28 heavy (non-hydrogen) atoms. The smallest absolute Gasteiger partial charge is 0.341 e. The molecule has 0 aromatic heterocycles. The first-order valence-corrected chi connectivity index (χ1v) is 8.86. The van der Waals surface area contributed by atoms with Crippen molar-refractivity contribution >= 4 is 29.2 Å². The number of carbonyl (C=O) groups is 2. The first-order chi connectivity index (χ1) is 13.5. The normalized spacial score (nSPS) is 10.1. The van der Waals surface area contributed by atoms with E-state index in [-0.39, 0.29) is 23.6 Å². The molecule has 0 heterocycles. The van der Waals surface area contributed by atoms with Gasteiger partial charge >= 0.3 is 5.97 Å². The second-order valence-corrected chi connectivity index (χ2v) is 6.02. The maximum absolute atomic E-state index is 13.7. The third kappa shape index (κ3) is 5.69. The summed E-state index contributed by atoms with van der Waals surface area (Å²) in [4.78, 5) is 25.9. The number of amides is 1. The molecule has 0 aliphatic rings. The number of hydrogen-bond acceptors (Lipinski definition) is 5. The first kappa shape index (κ1) is 21.2. The van der Waals surface area contributed by atoms with Crippen LogP contribution in [0.2, 0.25) is 5.02 Å². The van der Waals surface area contributed by atoms with Crippen molar-refractivity contribution in [3.05, 3.63) is 58.9 Å². The van der Waals surface area contributed by atoms with E-state index in [0.29, 0.717) is 18.0 Å². The summed E-state index contributed by atoms with van der Waals surface area (Å²) in [7, 11) is 0. The van der Waals surface area contributed by atoms with Gasteiger partial charge in [0.1, 0.15) is 11.6 Å². The number of nitriles is 1. The number of esters is 1. The molecule has 2 rings (SSSR count). The number of ether oxygens (including phenoxy) is 2. The summed E-state index contributed by atoms with van der Waals surface area (Å²) in [5, 5.41) is 9.00. The molecule has 2 aromatic carbocycles. The molecular weight excluding hydrogens is 387 g/mol. The largest absolute Gasteiger partial charge is 0.494 e. The van der Waals surface area contributed by atoms with Crippen molar-refractivity contribution in [3.8, 4) is 11.8 Å². The van der Waals surface area contributed by atoms with Crippen molar-refractivity contribution in [1.29, 1.82) is 5.26 Å². The van der Waals surface area contributed by atoms with Gasteiger partial charge in [-0.15, -0.1) is 0 Å². The van der Waals surface area contributed by atoms with E-state index in [1.807, 2.05) is 13.0 Å². The summed E-state index contributed by atoms with van der Waals surface area (Å²) < 4.78 is 24.0. The Morgan fingerprint density at radius 1 is 1.21 bits per heavy atom. The number of anilines is 1. The number of rotatable bonds is 8. The highest BCUT2D eigenvalue weighted by molar-refractivity contribution is 6.30. The monoisotopic (exact) mass is 404 g/mol. The molecule has 0 unspecified atom stereocenters. The zero-order valence-corrected chi connectivity index (χ0v) is 15.9. The average Bonchev–Trinajstić information content (AvgIpc) is 2.69. The van der Waals surface area contributed by atoms with Gasteiger partial charge in [-0.05, 0) is 49.4 Å². The van der Waals surface area contributed by atoms with Crippen LogP contribution in [0.5, 0.6) is 5.75 Å². The van der Waals surface area contributed by atoms with Crippen LogP contribution in [0.4, 0.5) is 10.1 Å². The van der Waals surface area contributed by atoms with Crippen LogP contribution >= 0.6 is 11.6 Å². The standard InChI is InChI=1S/C20H18ClFN2O4/c1-2-27-16-7-5-15(6-8-16)24(11-3-10-23)19(25)13-28-20(26)17-12-14(21)4-9-18(17)22/h4-9,12H,2-3,11,13H2,1H3. The lowest BCUT2D eigenvalue weighted by Crippen LogP contribution is -2.35. The van der Waals surface area contributed by atoms with Crippen LogP contribution in [0.25, 0.3) is 0 Å². The predicted octanol–water partition coefficient (Wildman–Crippen LogP) is 3.98. The minimum absolute atomic E-state index is 0.0931. The Bertz CT molecular complexity index is 881. The average molecular weight is 405 g/mol. The van der Waals surface area contributed by atoms with Gasteiger partial charge in [-0.2, -0.15) is 5.26 Å². The van der Waals surface area contributed by atoms with Crippen molar-refractivity contribution < 1.29 is 23.5 Å². The number of hydrogen-bond donors (Lipinski definition) is 0. The number of carbonyl (C=O) groups excluding carboxylic acids is 2. The molecule has 0 spiro atoms. The van der Waals surface area contributed by atoms with Gasteiger partial charge in [-0.3, -0.25) is 4.79 Å². The Kier molecular flexibility index (Phi) is 7.78. The molecule has 146 valence electrons. The van der Waals surface area contributed by atoms with Gasteiger partial charge in [0.05, 0.1) is 24.7 Å². The van der Waals surface area contributed by atoms with Crippen LogP contribution in [0.15, 0.2) is 42.5 Å². The summed E-state index contributed by atoms with van der Waals surface area (Å²) in [5.41, 5.74) is 0.165. The van der Waals surface area contributed by atoms with Crippen LogP contribution in [0.3, 0.4) is 0 Å². The summed E-state index contributed by atoms with van der Waals surface area (Å²) in [6, 6.07) is 12.2. The highest BCUT2D eigenvalue weighted by atomic mass is 35.5. The molecular formula is C20H18ClFN2O4. The number of nitrogens with zero attached hydrogens (tertiary/aromatic N) is 2. The molecule has 0 bridgehead atoms. The fourth-order valence-corrected chi connectivity index (χ4v) is 2.56. The van der Waals surface area contributed by atoms with Gasteiger partial charge in [0.25, 0.3) is 5.91 Å². The second kappa shape index (κ2) is 10.3. The zero-order valence-electron chi connectivity index (χ0n) is 15.2. The Labute approximate surface area is 167 Å². The third-order valence-corrected chi connectivity index (χ3v) is 3.92. The van der Waals surface area contributed by atoms with Crippen molar-refractivity contribution in [2.45, 2.75) is 13.3 Å².